The van der Waals surface area contributed by atoms with Crippen LogP contribution in [-0.2, 0) is 9.53 Å². The van der Waals surface area contributed by atoms with Crippen molar-refractivity contribution in [2.75, 3.05) is 13.1 Å². The fourth-order valence-corrected chi connectivity index (χ4v) is 3.01. The van der Waals surface area contributed by atoms with Crippen LogP contribution in [0.4, 0.5) is 0 Å². The lowest BCUT2D eigenvalue weighted by atomic mass is 9.98. The molecule has 5 heteroatoms. The van der Waals surface area contributed by atoms with Crippen LogP contribution in [0.1, 0.15) is 33.6 Å². The number of piperidine rings is 1. The van der Waals surface area contributed by atoms with Crippen LogP contribution in [0, 0.1) is 5.92 Å². The Morgan fingerprint density at radius 2 is 2.05 bits per heavy atom. The fraction of sp³-hybridized carbons (Fsp3) is 0.600. The van der Waals surface area contributed by atoms with E-state index >= 15 is 0 Å². The molecule has 0 spiro atoms. The van der Waals surface area contributed by atoms with Crippen LogP contribution in [0.3, 0.4) is 0 Å². The van der Waals surface area contributed by atoms with Gasteiger partial charge in [0.25, 0.3) is 0 Å². The Kier molecular flexibility index (Phi) is 5.05. The number of ether oxygens (including phenoxy) is 1. The van der Waals surface area contributed by atoms with E-state index in [1.54, 1.807) is 18.1 Å². The van der Waals surface area contributed by atoms with Gasteiger partial charge in [-0.25, -0.2) is 9.29 Å². The first kappa shape index (κ1) is 15.3. The first-order valence-electron chi connectivity index (χ1n) is 7.01. The molecular weight excluding hydrogens is 272 g/mol. The minimum Gasteiger partial charge on any atom is -0.460 e. The fourth-order valence-electron chi connectivity index (χ4n) is 2.10. The molecule has 1 saturated heterocycles. The molecule has 0 bridgehead atoms. The lowest BCUT2D eigenvalue weighted by molar-refractivity contribution is -0.161. The minimum atomic E-state index is -0.392. The van der Waals surface area contributed by atoms with Gasteiger partial charge in [-0.05, 0) is 57.7 Å². The summed E-state index contributed by atoms with van der Waals surface area (Å²) in [5.74, 6) is -0.0187. The van der Waals surface area contributed by atoms with Crippen LogP contribution >= 0.6 is 11.9 Å². The average Bonchev–Trinajstić information content (AvgIpc) is 2.39. The summed E-state index contributed by atoms with van der Waals surface area (Å²) >= 11 is 1.66. The maximum atomic E-state index is 12.0. The van der Waals surface area contributed by atoms with Crippen molar-refractivity contribution < 1.29 is 9.53 Å². The zero-order valence-corrected chi connectivity index (χ0v) is 13.2. The van der Waals surface area contributed by atoms with E-state index in [9.17, 15) is 4.79 Å². The lowest BCUT2D eigenvalue weighted by Crippen LogP contribution is -2.36. The van der Waals surface area contributed by atoms with Crippen molar-refractivity contribution in [1.82, 2.24) is 9.29 Å². The van der Waals surface area contributed by atoms with Crippen molar-refractivity contribution >= 4 is 17.9 Å². The average molecular weight is 294 g/mol. The molecule has 0 aliphatic carbocycles. The van der Waals surface area contributed by atoms with Crippen molar-refractivity contribution in [3.8, 4) is 0 Å². The molecule has 0 N–H and O–H groups in total. The Hall–Kier alpha value is -1.07. The van der Waals surface area contributed by atoms with Crippen molar-refractivity contribution in [1.29, 1.82) is 0 Å². The number of nitrogens with zero attached hydrogens (tertiary/aromatic N) is 2. The summed E-state index contributed by atoms with van der Waals surface area (Å²) in [5, 5.41) is 1.00. The molecule has 1 fully saturated rings. The standard InChI is InChI=1S/C15H22N2O2S/c1-15(2,3)19-14(18)12-7-10-17(11-8-12)20-13-6-4-5-9-16-13/h4-6,9,12H,7-8,10-11H2,1-3H3. The second-order valence-corrected chi connectivity index (χ2v) is 7.11. The van der Waals surface area contributed by atoms with Crippen LogP contribution in [0.25, 0.3) is 0 Å². The molecule has 0 saturated carbocycles. The summed E-state index contributed by atoms with van der Waals surface area (Å²) < 4.78 is 7.72. The maximum Gasteiger partial charge on any atom is 0.309 e. The number of pyridine rings is 1. The predicted octanol–water partition coefficient (Wildman–Crippen LogP) is 3.14. The third-order valence-electron chi connectivity index (χ3n) is 3.05. The van der Waals surface area contributed by atoms with E-state index < -0.39 is 5.60 Å². The molecule has 0 unspecified atom stereocenters. The number of hydrogen-bond donors (Lipinski definition) is 0. The molecule has 1 aliphatic rings. The molecule has 0 amide bonds. The van der Waals surface area contributed by atoms with Gasteiger partial charge in [-0.2, -0.15) is 0 Å². The Morgan fingerprint density at radius 1 is 1.35 bits per heavy atom. The van der Waals surface area contributed by atoms with Crippen molar-refractivity contribution in [3.63, 3.8) is 0 Å². The summed E-state index contributed by atoms with van der Waals surface area (Å²) in [5.41, 5.74) is -0.392. The Balaban J connectivity index is 1.79. The van der Waals surface area contributed by atoms with Gasteiger partial charge in [0.05, 0.1) is 5.92 Å². The summed E-state index contributed by atoms with van der Waals surface area (Å²) in [6, 6.07) is 5.91. The molecule has 1 aromatic rings. The van der Waals surface area contributed by atoms with Gasteiger partial charge in [0.15, 0.2) is 0 Å². The number of aromatic nitrogens is 1. The molecule has 4 nitrogen and oxygen atoms in total. The van der Waals surface area contributed by atoms with Crippen molar-refractivity contribution in [2.45, 2.75) is 44.2 Å². The lowest BCUT2D eigenvalue weighted by Gasteiger charge is -2.31. The Morgan fingerprint density at radius 3 is 2.60 bits per heavy atom. The van der Waals surface area contributed by atoms with E-state index in [0.717, 1.165) is 31.0 Å². The minimum absolute atomic E-state index is 0.0369. The Bertz CT molecular complexity index is 437. The highest BCUT2D eigenvalue weighted by molar-refractivity contribution is 7.97. The van der Waals surface area contributed by atoms with E-state index in [1.807, 2.05) is 39.0 Å². The van der Waals surface area contributed by atoms with Crippen LogP contribution < -0.4 is 0 Å². The van der Waals surface area contributed by atoms with E-state index in [-0.39, 0.29) is 11.9 Å². The zero-order chi connectivity index (χ0) is 14.6. The zero-order valence-electron chi connectivity index (χ0n) is 12.3. The summed E-state index contributed by atoms with van der Waals surface area (Å²) in [6.45, 7) is 7.53. The first-order valence-corrected chi connectivity index (χ1v) is 7.78. The molecular formula is C15H22N2O2S. The van der Waals surface area contributed by atoms with Gasteiger partial charge in [0.2, 0.25) is 0 Å². The number of hydrogen-bond acceptors (Lipinski definition) is 5. The van der Waals surface area contributed by atoms with Crippen LogP contribution in [-0.4, -0.2) is 33.9 Å². The third kappa shape index (κ3) is 4.80. The van der Waals surface area contributed by atoms with Gasteiger partial charge in [0, 0.05) is 19.3 Å². The monoisotopic (exact) mass is 294 g/mol. The molecule has 1 aromatic heterocycles. The summed E-state index contributed by atoms with van der Waals surface area (Å²) in [6.07, 6.45) is 3.51. The van der Waals surface area contributed by atoms with Gasteiger partial charge in [-0.1, -0.05) is 6.07 Å². The van der Waals surface area contributed by atoms with E-state index in [4.69, 9.17) is 4.74 Å². The number of rotatable bonds is 3. The molecule has 1 aliphatic heterocycles. The van der Waals surface area contributed by atoms with Gasteiger partial charge >= 0.3 is 5.97 Å². The maximum absolute atomic E-state index is 12.0. The molecule has 0 radical (unpaired) electrons. The third-order valence-corrected chi connectivity index (χ3v) is 4.11. The Labute approximate surface area is 125 Å². The topological polar surface area (TPSA) is 42.4 Å². The predicted molar refractivity (Wildman–Crippen MR) is 80.2 cm³/mol. The molecule has 2 heterocycles. The largest absolute Gasteiger partial charge is 0.460 e. The molecule has 0 atom stereocenters. The van der Waals surface area contributed by atoms with Crippen LogP contribution in [0.2, 0.25) is 0 Å². The molecule has 20 heavy (non-hydrogen) atoms. The molecule has 0 aromatic carbocycles. The normalized spacial score (nSPS) is 17.9. The molecule has 2 rings (SSSR count). The summed E-state index contributed by atoms with van der Waals surface area (Å²) in [4.78, 5) is 16.3. The summed E-state index contributed by atoms with van der Waals surface area (Å²) in [7, 11) is 0. The van der Waals surface area contributed by atoms with E-state index in [2.05, 4.69) is 9.29 Å². The van der Waals surface area contributed by atoms with Gasteiger partial charge in [0.1, 0.15) is 10.6 Å². The van der Waals surface area contributed by atoms with Gasteiger partial charge in [-0.3, -0.25) is 4.79 Å². The number of esters is 1. The van der Waals surface area contributed by atoms with Crippen molar-refractivity contribution in [2.24, 2.45) is 5.92 Å². The van der Waals surface area contributed by atoms with Crippen molar-refractivity contribution in [3.05, 3.63) is 24.4 Å². The molecule has 110 valence electrons. The van der Waals surface area contributed by atoms with E-state index in [1.165, 1.54) is 0 Å². The SMILES string of the molecule is CC(C)(C)OC(=O)C1CCN(Sc2ccccn2)CC1. The van der Waals surface area contributed by atoms with Gasteiger partial charge in [-0.15, -0.1) is 0 Å². The quantitative estimate of drug-likeness (QED) is 0.633. The van der Waals surface area contributed by atoms with Gasteiger partial charge < -0.3 is 4.74 Å². The highest BCUT2D eigenvalue weighted by atomic mass is 32.2. The highest BCUT2D eigenvalue weighted by Gasteiger charge is 2.29. The number of carbonyl (C=O) groups excluding carboxylic acids is 1. The van der Waals surface area contributed by atoms with Crippen LogP contribution in [0.15, 0.2) is 29.4 Å². The van der Waals surface area contributed by atoms with E-state index in [0.29, 0.717) is 0 Å². The first-order chi connectivity index (χ1) is 9.44. The van der Waals surface area contributed by atoms with Crippen LogP contribution in [0.5, 0.6) is 0 Å². The smallest absolute Gasteiger partial charge is 0.309 e. The number of carbonyl (C=O) groups is 1. The second-order valence-electron chi connectivity index (χ2n) is 6.00. The second kappa shape index (κ2) is 6.59. The highest BCUT2D eigenvalue weighted by Crippen LogP contribution is 2.28.